The van der Waals surface area contributed by atoms with E-state index >= 15 is 0 Å². The highest BCUT2D eigenvalue weighted by atomic mass is 16.5. The summed E-state index contributed by atoms with van der Waals surface area (Å²) in [6, 6.07) is 6.30. The van der Waals surface area contributed by atoms with E-state index in [4.69, 9.17) is 4.74 Å². The number of aromatic nitrogens is 2. The summed E-state index contributed by atoms with van der Waals surface area (Å²) >= 11 is 0. The van der Waals surface area contributed by atoms with Gasteiger partial charge in [-0.2, -0.15) is 0 Å². The van der Waals surface area contributed by atoms with Gasteiger partial charge in [-0.25, -0.2) is 4.98 Å². The standard InChI is InChI=1S/C21H27N3O2/c25-18(9-8-15-13-24-11-4-3-7-17(24)22-15)23-20-16-10-12-26-21(16)19(20)14-5-1-2-6-14/h3-4,7,11,13-14,16,19-21H,1-2,5-6,8-10,12H2,(H,23,25)/t16-,19+,20-,21-/m0/s1. The van der Waals surface area contributed by atoms with E-state index in [2.05, 4.69) is 10.3 Å². The molecule has 2 aromatic rings. The Balaban J connectivity index is 1.20. The van der Waals surface area contributed by atoms with Crippen LogP contribution in [0, 0.1) is 17.8 Å². The number of imidazole rings is 1. The first-order chi connectivity index (χ1) is 12.8. The third-order valence-corrected chi connectivity index (χ3v) is 6.73. The van der Waals surface area contributed by atoms with Crippen molar-refractivity contribution in [3.8, 4) is 0 Å². The largest absolute Gasteiger partial charge is 0.377 e. The van der Waals surface area contributed by atoms with E-state index < -0.39 is 0 Å². The quantitative estimate of drug-likeness (QED) is 0.899. The molecule has 0 unspecified atom stereocenters. The number of carbonyl (C=O) groups excluding carboxylic acids is 1. The summed E-state index contributed by atoms with van der Waals surface area (Å²) in [7, 11) is 0. The zero-order valence-corrected chi connectivity index (χ0v) is 15.1. The molecule has 2 saturated carbocycles. The summed E-state index contributed by atoms with van der Waals surface area (Å²) < 4.78 is 8.00. The van der Waals surface area contributed by atoms with Crippen molar-refractivity contribution in [1.29, 1.82) is 0 Å². The maximum absolute atomic E-state index is 12.6. The third-order valence-electron chi connectivity index (χ3n) is 6.73. The van der Waals surface area contributed by atoms with E-state index in [9.17, 15) is 4.79 Å². The van der Waals surface area contributed by atoms with E-state index in [1.807, 2.05) is 35.0 Å². The molecule has 2 aromatic heterocycles. The van der Waals surface area contributed by atoms with Gasteiger partial charge in [0, 0.05) is 43.3 Å². The van der Waals surface area contributed by atoms with Crippen LogP contribution in [0.4, 0.5) is 0 Å². The minimum Gasteiger partial charge on any atom is -0.377 e. The number of carbonyl (C=O) groups is 1. The molecule has 1 amide bonds. The molecule has 1 saturated heterocycles. The van der Waals surface area contributed by atoms with Gasteiger partial charge in [0.15, 0.2) is 0 Å². The predicted molar refractivity (Wildman–Crippen MR) is 98.7 cm³/mol. The van der Waals surface area contributed by atoms with Crippen LogP contribution in [0.5, 0.6) is 0 Å². The van der Waals surface area contributed by atoms with Crippen LogP contribution in [0.1, 0.15) is 44.2 Å². The first kappa shape index (κ1) is 16.3. The van der Waals surface area contributed by atoms with Crippen molar-refractivity contribution >= 4 is 11.6 Å². The molecule has 1 aliphatic heterocycles. The van der Waals surface area contributed by atoms with E-state index in [0.29, 0.717) is 36.8 Å². The lowest BCUT2D eigenvalue weighted by Crippen LogP contribution is -2.63. The molecule has 3 heterocycles. The molecule has 1 N–H and O–H groups in total. The van der Waals surface area contributed by atoms with Gasteiger partial charge in [0.2, 0.25) is 5.91 Å². The lowest BCUT2D eigenvalue weighted by Gasteiger charge is -2.50. The van der Waals surface area contributed by atoms with E-state index in [1.165, 1.54) is 25.7 Å². The zero-order chi connectivity index (χ0) is 17.5. The van der Waals surface area contributed by atoms with E-state index in [1.54, 1.807) is 0 Å². The Kier molecular flexibility index (Phi) is 4.20. The Labute approximate surface area is 154 Å². The molecule has 5 heteroatoms. The maximum atomic E-state index is 12.6. The Morgan fingerprint density at radius 2 is 2.15 bits per heavy atom. The van der Waals surface area contributed by atoms with Gasteiger partial charge in [-0.15, -0.1) is 0 Å². The number of nitrogens with zero attached hydrogens (tertiary/aromatic N) is 2. The highest BCUT2D eigenvalue weighted by Gasteiger charge is 2.56. The lowest BCUT2D eigenvalue weighted by atomic mass is 9.61. The Hall–Kier alpha value is -1.88. The van der Waals surface area contributed by atoms with Crippen molar-refractivity contribution in [2.75, 3.05) is 6.61 Å². The molecule has 26 heavy (non-hydrogen) atoms. The van der Waals surface area contributed by atoms with Crippen molar-refractivity contribution in [1.82, 2.24) is 14.7 Å². The fourth-order valence-corrected chi connectivity index (χ4v) is 5.47. The second kappa shape index (κ2) is 6.69. The Morgan fingerprint density at radius 1 is 1.27 bits per heavy atom. The average Bonchev–Trinajstić information content (AvgIpc) is 3.38. The molecular formula is C21H27N3O2. The summed E-state index contributed by atoms with van der Waals surface area (Å²) in [4.78, 5) is 17.2. The van der Waals surface area contributed by atoms with Crippen LogP contribution in [-0.2, 0) is 16.0 Å². The number of amides is 1. The summed E-state index contributed by atoms with van der Waals surface area (Å²) in [5.74, 6) is 2.00. The molecule has 5 rings (SSSR count). The summed E-state index contributed by atoms with van der Waals surface area (Å²) in [6.07, 6.45) is 12.0. The van der Waals surface area contributed by atoms with Crippen molar-refractivity contribution < 1.29 is 9.53 Å². The summed E-state index contributed by atoms with van der Waals surface area (Å²) in [5, 5.41) is 3.37. The second-order valence-corrected chi connectivity index (χ2v) is 8.20. The van der Waals surface area contributed by atoms with E-state index in [0.717, 1.165) is 30.3 Å². The first-order valence-electron chi connectivity index (χ1n) is 10.1. The van der Waals surface area contributed by atoms with Gasteiger partial charge < -0.3 is 14.5 Å². The molecule has 3 fully saturated rings. The zero-order valence-electron chi connectivity index (χ0n) is 15.1. The normalized spacial score (nSPS) is 31.1. The highest BCUT2D eigenvalue weighted by Crippen LogP contribution is 2.51. The van der Waals surface area contributed by atoms with Crippen molar-refractivity contribution in [2.45, 2.75) is 57.1 Å². The third kappa shape index (κ3) is 2.82. The fourth-order valence-electron chi connectivity index (χ4n) is 5.47. The molecule has 0 radical (unpaired) electrons. The van der Waals surface area contributed by atoms with Crippen LogP contribution in [0.25, 0.3) is 5.65 Å². The molecule has 5 nitrogen and oxygen atoms in total. The van der Waals surface area contributed by atoms with Crippen LogP contribution < -0.4 is 5.32 Å². The Bertz CT molecular complexity index is 758. The molecule has 138 valence electrons. The number of aryl methyl sites for hydroxylation is 1. The molecule has 0 aromatic carbocycles. The summed E-state index contributed by atoms with van der Waals surface area (Å²) in [6.45, 7) is 0.867. The van der Waals surface area contributed by atoms with Crippen molar-refractivity contribution in [3.63, 3.8) is 0 Å². The van der Waals surface area contributed by atoms with Crippen LogP contribution in [-0.4, -0.2) is 34.0 Å². The average molecular weight is 353 g/mol. The first-order valence-corrected chi connectivity index (χ1v) is 10.1. The van der Waals surface area contributed by atoms with E-state index in [-0.39, 0.29) is 5.91 Å². The number of rotatable bonds is 5. The monoisotopic (exact) mass is 353 g/mol. The predicted octanol–water partition coefficient (Wildman–Crippen LogP) is 2.98. The SMILES string of the molecule is O=C(CCc1cn2ccccc2n1)N[C@H]1[C@@H]2CCO[C@@H]2[C@@H]1C1CCCC1. The van der Waals surface area contributed by atoms with Gasteiger partial charge in [0.25, 0.3) is 0 Å². The van der Waals surface area contributed by atoms with Gasteiger partial charge in [0.1, 0.15) is 5.65 Å². The van der Waals surface area contributed by atoms with Crippen LogP contribution in [0.2, 0.25) is 0 Å². The smallest absolute Gasteiger partial charge is 0.220 e. The molecule has 4 atom stereocenters. The maximum Gasteiger partial charge on any atom is 0.220 e. The Morgan fingerprint density at radius 3 is 3.00 bits per heavy atom. The highest BCUT2D eigenvalue weighted by molar-refractivity contribution is 5.76. The number of pyridine rings is 1. The number of fused-ring (bicyclic) bond motifs is 2. The van der Waals surface area contributed by atoms with Gasteiger partial charge in [-0.1, -0.05) is 31.7 Å². The minimum absolute atomic E-state index is 0.167. The van der Waals surface area contributed by atoms with Crippen molar-refractivity contribution in [3.05, 3.63) is 36.3 Å². The van der Waals surface area contributed by atoms with Gasteiger partial charge in [-0.05, 0) is 30.9 Å². The van der Waals surface area contributed by atoms with Crippen molar-refractivity contribution in [2.24, 2.45) is 17.8 Å². The lowest BCUT2D eigenvalue weighted by molar-refractivity contribution is -0.129. The molecule has 3 aliphatic rings. The van der Waals surface area contributed by atoms with Crippen LogP contribution >= 0.6 is 0 Å². The number of hydrogen-bond acceptors (Lipinski definition) is 3. The molecular weight excluding hydrogens is 326 g/mol. The fraction of sp³-hybridized carbons (Fsp3) is 0.619. The van der Waals surface area contributed by atoms with Gasteiger partial charge >= 0.3 is 0 Å². The minimum atomic E-state index is 0.167. The topological polar surface area (TPSA) is 55.6 Å². The molecule has 0 bridgehead atoms. The second-order valence-electron chi connectivity index (χ2n) is 8.20. The molecule has 0 spiro atoms. The van der Waals surface area contributed by atoms with Gasteiger partial charge in [0.05, 0.1) is 11.8 Å². The number of nitrogens with one attached hydrogen (secondary N) is 1. The van der Waals surface area contributed by atoms with Gasteiger partial charge in [-0.3, -0.25) is 4.79 Å². The number of ether oxygens (including phenoxy) is 1. The summed E-state index contributed by atoms with van der Waals surface area (Å²) in [5.41, 5.74) is 1.92. The van der Waals surface area contributed by atoms with Crippen LogP contribution in [0.3, 0.4) is 0 Å². The van der Waals surface area contributed by atoms with Crippen LogP contribution in [0.15, 0.2) is 30.6 Å². The molecule has 2 aliphatic carbocycles. The number of hydrogen-bond donors (Lipinski definition) is 1.